The van der Waals surface area contributed by atoms with Crippen LogP contribution in [0, 0.1) is 18.6 Å². The van der Waals surface area contributed by atoms with Gasteiger partial charge in [0, 0.05) is 18.2 Å². The molecule has 118 valence electrons. The van der Waals surface area contributed by atoms with Crippen LogP contribution in [0.5, 0.6) is 0 Å². The molecule has 0 saturated heterocycles. The van der Waals surface area contributed by atoms with E-state index < -0.39 is 0 Å². The zero-order valence-corrected chi connectivity index (χ0v) is 12.9. The number of nitrogens with one attached hydrogen (secondary N) is 1. The Morgan fingerprint density at radius 1 is 1.19 bits per heavy atom. The number of rotatable bonds is 6. The molecule has 1 aliphatic rings. The van der Waals surface area contributed by atoms with E-state index in [4.69, 9.17) is 4.74 Å². The summed E-state index contributed by atoms with van der Waals surface area (Å²) in [4.78, 5) is 0. The molecule has 0 amide bonds. The second-order valence-electron chi connectivity index (χ2n) is 5.93. The molecule has 1 unspecified atom stereocenters. The van der Waals surface area contributed by atoms with Crippen molar-refractivity contribution in [2.45, 2.75) is 58.1 Å². The predicted octanol–water partition coefficient (Wildman–Crippen LogP) is 4.27. The largest absolute Gasteiger partial charge is 0.377 e. The van der Waals surface area contributed by atoms with Crippen LogP contribution in [0.3, 0.4) is 0 Å². The summed E-state index contributed by atoms with van der Waals surface area (Å²) in [5, 5.41) is 3.19. The second-order valence-corrected chi connectivity index (χ2v) is 5.93. The third-order valence-corrected chi connectivity index (χ3v) is 4.20. The van der Waals surface area contributed by atoms with Crippen molar-refractivity contribution < 1.29 is 13.5 Å². The first-order valence-corrected chi connectivity index (χ1v) is 7.88. The van der Waals surface area contributed by atoms with Crippen molar-refractivity contribution in [2.75, 3.05) is 13.2 Å². The minimum absolute atomic E-state index is 0.227. The van der Waals surface area contributed by atoms with Crippen molar-refractivity contribution >= 4 is 0 Å². The number of benzene rings is 1. The highest BCUT2D eigenvalue weighted by Gasteiger charge is 2.15. The normalized spacial score (nSPS) is 17.9. The van der Waals surface area contributed by atoms with E-state index in [-0.39, 0.29) is 17.7 Å². The van der Waals surface area contributed by atoms with Gasteiger partial charge >= 0.3 is 0 Å². The minimum Gasteiger partial charge on any atom is -0.377 e. The molecule has 1 fully saturated rings. The van der Waals surface area contributed by atoms with Crippen molar-refractivity contribution in [2.24, 2.45) is 0 Å². The van der Waals surface area contributed by atoms with Crippen LogP contribution < -0.4 is 5.32 Å². The van der Waals surface area contributed by atoms with Crippen molar-refractivity contribution in [1.29, 1.82) is 0 Å². The van der Waals surface area contributed by atoms with Gasteiger partial charge in [-0.25, -0.2) is 8.78 Å². The second kappa shape index (κ2) is 7.85. The van der Waals surface area contributed by atoms with E-state index in [9.17, 15) is 8.78 Å². The Balaban J connectivity index is 1.76. The molecule has 0 spiro atoms. The Bertz CT molecular complexity index is 458. The van der Waals surface area contributed by atoms with E-state index in [1.54, 1.807) is 6.92 Å². The van der Waals surface area contributed by atoms with E-state index in [0.29, 0.717) is 30.4 Å². The van der Waals surface area contributed by atoms with Crippen molar-refractivity contribution in [3.8, 4) is 0 Å². The topological polar surface area (TPSA) is 21.3 Å². The summed E-state index contributed by atoms with van der Waals surface area (Å²) in [6, 6.07) is 2.31. The van der Waals surface area contributed by atoms with Crippen molar-refractivity contribution in [1.82, 2.24) is 5.32 Å². The summed E-state index contributed by atoms with van der Waals surface area (Å²) < 4.78 is 33.2. The fourth-order valence-corrected chi connectivity index (χ4v) is 2.84. The first-order chi connectivity index (χ1) is 10.1. The summed E-state index contributed by atoms with van der Waals surface area (Å²) in [6.45, 7) is 4.67. The van der Waals surface area contributed by atoms with Crippen molar-refractivity contribution in [3.63, 3.8) is 0 Å². The Hall–Kier alpha value is -1.00. The van der Waals surface area contributed by atoms with Crippen molar-refractivity contribution in [3.05, 3.63) is 34.9 Å². The first kappa shape index (κ1) is 16.4. The maximum atomic E-state index is 13.8. The molecule has 1 N–H and O–H groups in total. The molecule has 21 heavy (non-hydrogen) atoms. The van der Waals surface area contributed by atoms with Gasteiger partial charge in [-0.15, -0.1) is 0 Å². The zero-order chi connectivity index (χ0) is 15.2. The van der Waals surface area contributed by atoms with Crippen LogP contribution in [0.2, 0.25) is 0 Å². The molecule has 0 aromatic heterocycles. The van der Waals surface area contributed by atoms with Gasteiger partial charge in [0.05, 0.1) is 12.7 Å². The monoisotopic (exact) mass is 297 g/mol. The minimum atomic E-state index is -0.362. The number of aryl methyl sites for hydroxylation is 1. The molecule has 0 bridgehead atoms. The van der Waals surface area contributed by atoms with Gasteiger partial charge in [-0.2, -0.15) is 0 Å². The van der Waals surface area contributed by atoms with Gasteiger partial charge in [-0.3, -0.25) is 0 Å². The number of hydrogen-bond acceptors (Lipinski definition) is 2. The smallest absolute Gasteiger partial charge is 0.128 e. The number of ether oxygens (including phenoxy) is 1. The third kappa shape index (κ3) is 4.75. The van der Waals surface area contributed by atoms with Gasteiger partial charge in [0.15, 0.2) is 0 Å². The molecule has 0 heterocycles. The maximum absolute atomic E-state index is 13.8. The van der Waals surface area contributed by atoms with E-state index >= 15 is 0 Å². The lowest BCUT2D eigenvalue weighted by Crippen LogP contribution is -2.27. The number of halogens is 2. The average Bonchev–Trinajstić information content (AvgIpc) is 2.48. The molecule has 4 heteroatoms. The van der Waals surface area contributed by atoms with Crippen LogP contribution in [0.4, 0.5) is 8.78 Å². The van der Waals surface area contributed by atoms with Crippen LogP contribution in [0.1, 0.15) is 56.2 Å². The van der Waals surface area contributed by atoms with Crippen LogP contribution in [-0.4, -0.2) is 19.3 Å². The molecule has 2 nitrogen and oxygen atoms in total. The van der Waals surface area contributed by atoms with Gasteiger partial charge in [0.25, 0.3) is 0 Å². The van der Waals surface area contributed by atoms with Crippen LogP contribution in [0.25, 0.3) is 0 Å². The SMILES string of the molecule is Cc1cc(F)c(C(C)NCCOC2CCCCC2)cc1F. The Kier molecular flexibility index (Phi) is 6.12. The molecule has 1 aliphatic carbocycles. The predicted molar refractivity (Wildman–Crippen MR) is 80.3 cm³/mol. The molecule has 1 saturated carbocycles. The summed E-state index contributed by atoms with van der Waals surface area (Å²) in [7, 11) is 0. The summed E-state index contributed by atoms with van der Waals surface area (Å²) in [5.74, 6) is -0.722. The highest BCUT2D eigenvalue weighted by molar-refractivity contribution is 5.27. The molecule has 1 aromatic carbocycles. The van der Waals surface area contributed by atoms with Gasteiger partial charge in [-0.05, 0) is 44.4 Å². The lowest BCUT2D eigenvalue weighted by Gasteiger charge is -2.23. The summed E-state index contributed by atoms with van der Waals surface area (Å²) >= 11 is 0. The summed E-state index contributed by atoms with van der Waals surface area (Å²) in [6.07, 6.45) is 6.49. The van der Waals surface area contributed by atoms with Crippen LogP contribution >= 0.6 is 0 Å². The molecule has 0 aliphatic heterocycles. The third-order valence-electron chi connectivity index (χ3n) is 4.20. The standard InChI is InChI=1S/C17H25F2NO/c1-12-10-17(19)15(11-16(12)18)13(2)20-8-9-21-14-6-4-3-5-7-14/h10-11,13-14,20H,3-9H2,1-2H3. The Morgan fingerprint density at radius 2 is 1.90 bits per heavy atom. The molecule has 1 aromatic rings. The van der Waals surface area contributed by atoms with Gasteiger partial charge in [0.2, 0.25) is 0 Å². The van der Waals surface area contributed by atoms with Gasteiger partial charge in [0.1, 0.15) is 11.6 Å². The highest BCUT2D eigenvalue weighted by Crippen LogP contribution is 2.21. The average molecular weight is 297 g/mol. The zero-order valence-electron chi connectivity index (χ0n) is 12.9. The highest BCUT2D eigenvalue weighted by atomic mass is 19.1. The van der Waals surface area contributed by atoms with Gasteiger partial charge < -0.3 is 10.1 Å². The van der Waals surface area contributed by atoms with E-state index in [0.717, 1.165) is 12.8 Å². The quantitative estimate of drug-likeness (QED) is 0.792. The van der Waals surface area contributed by atoms with E-state index in [1.807, 2.05) is 6.92 Å². The Labute approximate surface area is 125 Å². The lowest BCUT2D eigenvalue weighted by atomic mass is 9.98. The summed E-state index contributed by atoms with van der Waals surface area (Å²) in [5.41, 5.74) is 0.708. The fourth-order valence-electron chi connectivity index (χ4n) is 2.84. The molecule has 0 radical (unpaired) electrons. The lowest BCUT2D eigenvalue weighted by molar-refractivity contribution is 0.0295. The Morgan fingerprint density at radius 3 is 2.62 bits per heavy atom. The van der Waals surface area contributed by atoms with Crippen LogP contribution in [-0.2, 0) is 4.74 Å². The molecular weight excluding hydrogens is 272 g/mol. The van der Waals surface area contributed by atoms with E-state index in [2.05, 4.69) is 5.32 Å². The first-order valence-electron chi connectivity index (χ1n) is 7.88. The molecular formula is C17H25F2NO. The van der Waals surface area contributed by atoms with Gasteiger partial charge in [-0.1, -0.05) is 19.3 Å². The molecule has 1 atom stereocenters. The molecule has 2 rings (SSSR count). The maximum Gasteiger partial charge on any atom is 0.128 e. The van der Waals surface area contributed by atoms with E-state index in [1.165, 1.54) is 31.4 Å². The fraction of sp³-hybridized carbons (Fsp3) is 0.647. The number of hydrogen-bond donors (Lipinski definition) is 1. The van der Waals surface area contributed by atoms with Crippen LogP contribution in [0.15, 0.2) is 12.1 Å².